The molecule has 0 aliphatic carbocycles. The summed E-state index contributed by atoms with van der Waals surface area (Å²) >= 11 is 6.64. The minimum absolute atomic E-state index is 0.286. The van der Waals surface area contributed by atoms with Crippen molar-refractivity contribution in [3.05, 3.63) is 56.5 Å². The summed E-state index contributed by atoms with van der Waals surface area (Å²) in [6.07, 6.45) is 1.45. The predicted octanol–water partition coefficient (Wildman–Crippen LogP) is 3.84. The van der Waals surface area contributed by atoms with E-state index in [1.807, 2.05) is 6.07 Å². The number of carboxylic acid groups (broad SMARTS) is 1. The molecule has 142 valence electrons. The zero-order valence-corrected chi connectivity index (χ0v) is 17.4. The predicted molar refractivity (Wildman–Crippen MR) is 108 cm³/mol. The highest BCUT2D eigenvalue weighted by Crippen LogP contribution is 2.36. The summed E-state index contributed by atoms with van der Waals surface area (Å²) in [6, 6.07) is 10.3. The molecule has 2 N–H and O–H groups in total. The van der Waals surface area contributed by atoms with E-state index >= 15 is 0 Å². The molecule has 0 heterocycles. The number of carbonyl (C=O) groups excluding carboxylic acids is 1. The van der Waals surface area contributed by atoms with Crippen LogP contribution in [-0.4, -0.2) is 36.4 Å². The van der Waals surface area contributed by atoms with Crippen LogP contribution in [0, 0.1) is 0 Å². The van der Waals surface area contributed by atoms with Gasteiger partial charge in [-0.2, -0.15) is 5.10 Å². The maximum absolute atomic E-state index is 12.1. The fourth-order valence-corrected chi connectivity index (χ4v) is 3.11. The van der Waals surface area contributed by atoms with Crippen LogP contribution in [0.1, 0.15) is 22.8 Å². The van der Waals surface area contributed by atoms with Crippen molar-refractivity contribution in [2.45, 2.75) is 6.92 Å². The Kier molecular flexibility index (Phi) is 7.81. The summed E-state index contributed by atoms with van der Waals surface area (Å²) in [5.74, 6) is -0.797. The molecule has 7 nitrogen and oxygen atoms in total. The van der Waals surface area contributed by atoms with Crippen molar-refractivity contribution in [1.29, 1.82) is 0 Å². The van der Waals surface area contributed by atoms with E-state index in [4.69, 9.17) is 14.6 Å². The summed E-state index contributed by atoms with van der Waals surface area (Å²) in [4.78, 5) is 22.9. The number of nitrogens with zero attached hydrogens (tertiary/aromatic N) is 1. The van der Waals surface area contributed by atoms with Crippen molar-refractivity contribution < 1.29 is 24.2 Å². The number of hydrazone groups is 1. The second-order valence-corrected chi connectivity index (χ2v) is 6.83. The molecule has 0 aliphatic heterocycles. The van der Waals surface area contributed by atoms with Crippen molar-refractivity contribution in [2.24, 2.45) is 5.10 Å². The number of halogens is 2. The first-order chi connectivity index (χ1) is 12.9. The molecular formula is C18H16Br2N2O5. The minimum atomic E-state index is -1.09. The van der Waals surface area contributed by atoms with Gasteiger partial charge in [0, 0.05) is 4.47 Å². The van der Waals surface area contributed by atoms with Crippen LogP contribution in [0.15, 0.2) is 50.4 Å². The molecule has 0 fully saturated rings. The van der Waals surface area contributed by atoms with Gasteiger partial charge >= 0.3 is 5.97 Å². The van der Waals surface area contributed by atoms with Gasteiger partial charge in [-0.1, -0.05) is 12.1 Å². The van der Waals surface area contributed by atoms with Crippen LogP contribution in [0.5, 0.6) is 11.5 Å². The zero-order valence-electron chi connectivity index (χ0n) is 14.2. The number of aliphatic carboxylic acids is 1. The average Bonchev–Trinajstić information content (AvgIpc) is 2.61. The molecule has 0 saturated carbocycles. The second kappa shape index (κ2) is 10.1. The van der Waals surface area contributed by atoms with Gasteiger partial charge in [-0.3, -0.25) is 4.79 Å². The van der Waals surface area contributed by atoms with E-state index in [9.17, 15) is 9.59 Å². The molecule has 2 aromatic carbocycles. The Balaban J connectivity index is 2.15. The van der Waals surface area contributed by atoms with Crippen molar-refractivity contribution in [3.8, 4) is 11.5 Å². The lowest BCUT2D eigenvalue weighted by atomic mass is 10.2. The van der Waals surface area contributed by atoms with Crippen molar-refractivity contribution in [2.75, 3.05) is 13.2 Å². The average molecular weight is 500 g/mol. The first-order valence-corrected chi connectivity index (χ1v) is 9.39. The lowest BCUT2D eigenvalue weighted by Gasteiger charge is -2.13. The molecular weight excluding hydrogens is 484 g/mol. The van der Waals surface area contributed by atoms with E-state index < -0.39 is 12.6 Å². The summed E-state index contributed by atoms with van der Waals surface area (Å²) in [5, 5.41) is 12.7. The molecule has 0 bridgehead atoms. The number of benzene rings is 2. The fourth-order valence-electron chi connectivity index (χ4n) is 2.07. The van der Waals surface area contributed by atoms with E-state index in [0.717, 1.165) is 0 Å². The largest absolute Gasteiger partial charge is 0.490 e. The van der Waals surface area contributed by atoms with Crippen LogP contribution >= 0.6 is 31.9 Å². The Morgan fingerprint density at radius 2 is 1.93 bits per heavy atom. The third kappa shape index (κ3) is 6.07. The monoisotopic (exact) mass is 498 g/mol. The van der Waals surface area contributed by atoms with Crippen LogP contribution in [-0.2, 0) is 4.79 Å². The van der Waals surface area contributed by atoms with Crippen LogP contribution in [0.2, 0.25) is 0 Å². The summed E-state index contributed by atoms with van der Waals surface area (Å²) in [7, 11) is 0. The normalized spacial score (nSPS) is 10.6. The molecule has 0 saturated heterocycles. The summed E-state index contributed by atoms with van der Waals surface area (Å²) in [5.41, 5.74) is 3.54. The van der Waals surface area contributed by atoms with Crippen LogP contribution in [0.25, 0.3) is 0 Å². The SMILES string of the molecule is CCOc1cc(/C=N\NC(=O)c2ccccc2Br)cc(Br)c1OCC(=O)O. The molecule has 0 aliphatic rings. The topological polar surface area (TPSA) is 97.2 Å². The third-order valence-electron chi connectivity index (χ3n) is 3.17. The Morgan fingerprint density at radius 1 is 1.19 bits per heavy atom. The molecule has 27 heavy (non-hydrogen) atoms. The molecule has 0 atom stereocenters. The van der Waals surface area contributed by atoms with E-state index in [0.29, 0.717) is 32.4 Å². The van der Waals surface area contributed by atoms with E-state index in [-0.39, 0.29) is 11.7 Å². The fraction of sp³-hybridized carbons (Fsp3) is 0.167. The van der Waals surface area contributed by atoms with Gasteiger partial charge in [-0.25, -0.2) is 10.2 Å². The van der Waals surface area contributed by atoms with Crippen molar-refractivity contribution in [1.82, 2.24) is 5.43 Å². The molecule has 0 radical (unpaired) electrons. The minimum Gasteiger partial charge on any atom is -0.490 e. The maximum Gasteiger partial charge on any atom is 0.341 e. The van der Waals surface area contributed by atoms with Gasteiger partial charge < -0.3 is 14.6 Å². The van der Waals surface area contributed by atoms with Crippen LogP contribution in [0.3, 0.4) is 0 Å². The van der Waals surface area contributed by atoms with Gasteiger partial charge in [-0.05, 0) is 68.6 Å². The highest BCUT2D eigenvalue weighted by atomic mass is 79.9. The Labute approximate surface area is 172 Å². The van der Waals surface area contributed by atoms with Crippen molar-refractivity contribution >= 4 is 50.0 Å². The molecule has 0 unspecified atom stereocenters. The highest BCUT2D eigenvalue weighted by molar-refractivity contribution is 9.10. The molecule has 2 aromatic rings. The van der Waals surface area contributed by atoms with E-state index in [1.165, 1.54) is 6.21 Å². The van der Waals surface area contributed by atoms with Crippen LogP contribution in [0.4, 0.5) is 0 Å². The quantitative estimate of drug-likeness (QED) is 0.425. The smallest absolute Gasteiger partial charge is 0.341 e. The Bertz CT molecular complexity index is 871. The number of hydrogen-bond acceptors (Lipinski definition) is 5. The lowest BCUT2D eigenvalue weighted by Crippen LogP contribution is -2.18. The van der Waals surface area contributed by atoms with Gasteiger partial charge in [-0.15, -0.1) is 0 Å². The number of amides is 1. The molecule has 2 rings (SSSR count). The van der Waals surface area contributed by atoms with E-state index in [2.05, 4.69) is 42.4 Å². The number of hydrogen-bond donors (Lipinski definition) is 2. The standard InChI is InChI=1S/C18H16Br2N2O5/c1-2-26-15-8-11(7-14(20)17(15)27-10-16(23)24)9-21-22-18(25)12-5-3-4-6-13(12)19/h3-9H,2,10H2,1H3,(H,22,25)(H,23,24)/b21-9-. The maximum atomic E-state index is 12.1. The van der Waals surface area contributed by atoms with E-state index in [1.54, 1.807) is 37.3 Å². The first-order valence-electron chi connectivity index (χ1n) is 7.81. The van der Waals surface area contributed by atoms with Gasteiger partial charge in [0.1, 0.15) is 0 Å². The third-order valence-corrected chi connectivity index (χ3v) is 4.45. The lowest BCUT2D eigenvalue weighted by molar-refractivity contribution is -0.139. The summed E-state index contributed by atoms with van der Waals surface area (Å²) in [6.45, 7) is 1.68. The zero-order chi connectivity index (χ0) is 19.8. The Hall–Kier alpha value is -2.39. The van der Waals surface area contributed by atoms with Gasteiger partial charge in [0.15, 0.2) is 18.1 Å². The number of carboxylic acids is 1. The molecule has 1 amide bonds. The van der Waals surface area contributed by atoms with Gasteiger partial charge in [0.2, 0.25) is 0 Å². The summed E-state index contributed by atoms with van der Waals surface area (Å²) < 4.78 is 11.9. The molecule has 9 heteroatoms. The number of rotatable bonds is 8. The molecule has 0 spiro atoms. The van der Waals surface area contributed by atoms with Gasteiger partial charge in [0.05, 0.1) is 22.9 Å². The van der Waals surface area contributed by atoms with Crippen LogP contribution < -0.4 is 14.9 Å². The first kappa shape index (κ1) is 20.9. The molecule has 0 aromatic heterocycles. The second-order valence-electron chi connectivity index (χ2n) is 5.12. The van der Waals surface area contributed by atoms with Crippen molar-refractivity contribution in [3.63, 3.8) is 0 Å². The number of carbonyl (C=O) groups is 2. The Morgan fingerprint density at radius 3 is 2.59 bits per heavy atom. The van der Waals surface area contributed by atoms with Gasteiger partial charge in [0.25, 0.3) is 5.91 Å². The number of nitrogens with one attached hydrogen (secondary N) is 1. The number of ether oxygens (including phenoxy) is 2. The highest BCUT2D eigenvalue weighted by Gasteiger charge is 2.13.